The van der Waals surface area contributed by atoms with E-state index in [4.69, 9.17) is 0 Å². The molecular weight excluding hydrogens is 286 g/mol. The molecule has 2 aromatic heterocycles. The zero-order valence-electron chi connectivity index (χ0n) is 11.4. The molecule has 0 saturated heterocycles. The third kappa shape index (κ3) is 2.88. The van der Waals surface area contributed by atoms with E-state index in [2.05, 4.69) is 40.1 Å². The van der Waals surface area contributed by atoms with E-state index >= 15 is 0 Å². The molecule has 0 N–H and O–H groups in total. The molecule has 1 unspecified atom stereocenters. The average Bonchev–Trinajstić information content (AvgIpc) is 3.15. The summed E-state index contributed by atoms with van der Waals surface area (Å²) in [6.07, 6.45) is 11.6. The highest BCUT2D eigenvalue weighted by Gasteiger charge is 2.27. The fourth-order valence-electron chi connectivity index (χ4n) is 2.24. The number of anilines is 1. The summed E-state index contributed by atoms with van der Waals surface area (Å²) in [5.41, 5.74) is 3.11. The number of aromatic nitrogens is 2. The maximum atomic E-state index is 4.19. The highest BCUT2D eigenvalue weighted by molar-refractivity contribution is 8.09. The maximum absolute atomic E-state index is 4.19. The van der Waals surface area contributed by atoms with E-state index < -0.39 is 0 Å². The molecule has 0 saturated carbocycles. The first-order valence-electron chi connectivity index (χ1n) is 6.84. The van der Waals surface area contributed by atoms with Gasteiger partial charge in [0.1, 0.15) is 0 Å². The normalized spacial score (nSPS) is 18.4. The third-order valence-electron chi connectivity index (χ3n) is 3.27. The molecule has 0 spiro atoms. The number of nitrogens with zero attached hydrogens (tertiary/aromatic N) is 3. The van der Waals surface area contributed by atoms with E-state index in [1.54, 1.807) is 11.3 Å². The van der Waals surface area contributed by atoms with Crippen LogP contribution in [0.3, 0.4) is 0 Å². The Morgan fingerprint density at radius 2 is 2.10 bits per heavy atom. The Bertz CT molecular complexity index is 566. The van der Waals surface area contributed by atoms with Crippen LogP contribution in [0.5, 0.6) is 0 Å². The molecule has 1 atom stereocenters. The van der Waals surface area contributed by atoms with Crippen LogP contribution in [0.2, 0.25) is 0 Å². The number of rotatable bonds is 5. The van der Waals surface area contributed by atoms with Gasteiger partial charge in [-0.15, -0.1) is 11.3 Å². The van der Waals surface area contributed by atoms with Crippen LogP contribution in [-0.4, -0.2) is 15.3 Å². The number of hydrogen-bond donors (Lipinski definition) is 0. The Morgan fingerprint density at radius 1 is 1.25 bits per heavy atom. The minimum Gasteiger partial charge on any atom is -0.334 e. The molecule has 20 heavy (non-hydrogen) atoms. The summed E-state index contributed by atoms with van der Waals surface area (Å²) < 4.78 is 0. The molecule has 1 aliphatic heterocycles. The highest BCUT2D eigenvalue weighted by atomic mass is 32.2. The number of thioether (sulfide) groups is 1. The van der Waals surface area contributed by atoms with Gasteiger partial charge in [-0.3, -0.25) is 9.97 Å². The highest BCUT2D eigenvalue weighted by Crippen LogP contribution is 2.44. The standard InChI is InChI=1S/C15H17N3S2/c1-2-3-4-15-18(12-5-7-16-8-6-12)10-14(20-15)13-9-17-11-19-13/h5-11,15H,2-4H2,1H3. The molecule has 0 aliphatic carbocycles. The lowest BCUT2D eigenvalue weighted by Crippen LogP contribution is -2.23. The van der Waals surface area contributed by atoms with Crippen LogP contribution in [0.15, 0.2) is 42.4 Å². The minimum absolute atomic E-state index is 0.481. The lowest BCUT2D eigenvalue weighted by Gasteiger charge is -2.24. The van der Waals surface area contributed by atoms with Gasteiger partial charge in [0.05, 0.1) is 15.8 Å². The number of thiazole rings is 1. The van der Waals surface area contributed by atoms with Crippen molar-refractivity contribution in [2.45, 2.75) is 31.6 Å². The van der Waals surface area contributed by atoms with Crippen molar-refractivity contribution < 1.29 is 0 Å². The zero-order valence-corrected chi connectivity index (χ0v) is 13.0. The second kappa shape index (κ2) is 6.41. The molecule has 104 valence electrons. The molecule has 5 heteroatoms. The van der Waals surface area contributed by atoms with E-state index in [9.17, 15) is 0 Å². The van der Waals surface area contributed by atoms with Crippen molar-refractivity contribution in [3.8, 4) is 0 Å². The molecule has 0 fully saturated rings. The lowest BCUT2D eigenvalue weighted by atomic mass is 10.2. The summed E-state index contributed by atoms with van der Waals surface area (Å²) in [5.74, 6) is 0. The Morgan fingerprint density at radius 3 is 2.80 bits per heavy atom. The second-order valence-corrected chi connectivity index (χ2v) is 6.79. The van der Waals surface area contributed by atoms with E-state index in [-0.39, 0.29) is 0 Å². The van der Waals surface area contributed by atoms with Crippen molar-refractivity contribution in [2.75, 3.05) is 4.90 Å². The van der Waals surface area contributed by atoms with Gasteiger partial charge in [0.2, 0.25) is 0 Å². The first-order chi connectivity index (χ1) is 9.88. The van der Waals surface area contributed by atoms with Crippen molar-refractivity contribution in [3.05, 3.63) is 47.3 Å². The van der Waals surface area contributed by atoms with Gasteiger partial charge >= 0.3 is 0 Å². The first kappa shape index (κ1) is 13.6. The lowest BCUT2D eigenvalue weighted by molar-refractivity contribution is 0.689. The Balaban J connectivity index is 1.86. The summed E-state index contributed by atoms with van der Waals surface area (Å²) in [6.45, 7) is 2.24. The number of pyridine rings is 1. The monoisotopic (exact) mass is 303 g/mol. The van der Waals surface area contributed by atoms with Crippen LogP contribution in [0.1, 0.15) is 31.1 Å². The molecule has 3 nitrogen and oxygen atoms in total. The van der Waals surface area contributed by atoms with Gasteiger partial charge in [-0.1, -0.05) is 31.5 Å². The fraction of sp³-hybridized carbons (Fsp3) is 0.333. The first-order valence-corrected chi connectivity index (χ1v) is 8.60. The predicted octanol–water partition coefficient (Wildman–Crippen LogP) is 4.61. The summed E-state index contributed by atoms with van der Waals surface area (Å²) in [6, 6.07) is 4.15. The van der Waals surface area contributed by atoms with Crippen molar-refractivity contribution >= 4 is 33.7 Å². The van der Waals surface area contributed by atoms with E-state index in [0.29, 0.717) is 5.37 Å². The molecule has 3 rings (SSSR count). The van der Waals surface area contributed by atoms with Crippen LogP contribution in [-0.2, 0) is 0 Å². The van der Waals surface area contributed by atoms with Crippen LogP contribution in [0.25, 0.3) is 4.91 Å². The van der Waals surface area contributed by atoms with Gasteiger partial charge < -0.3 is 4.90 Å². The molecule has 0 aromatic carbocycles. The van der Waals surface area contributed by atoms with Crippen molar-refractivity contribution in [2.24, 2.45) is 0 Å². The van der Waals surface area contributed by atoms with Gasteiger partial charge in [-0.2, -0.15) is 0 Å². The molecule has 0 bridgehead atoms. The predicted molar refractivity (Wildman–Crippen MR) is 87.7 cm³/mol. The third-order valence-corrected chi connectivity index (χ3v) is 5.52. The van der Waals surface area contributed by atoms with Gasteiger partial charge in [0.25, 0.3) is 0 Å². The molecule has 1 aliphatic rings. The summed E-state index contributed by atoms with van der Waals surface area (Å²) >= 11 is 3.65. The second-order valence-electron chi connectivity index (χ2n) is 4.69. The van der Waals surface area contributed by atoms with Crippen LogP contribution >= 0.6 is 23.1 Å². The van der Waals surface area contributed by atoms with Crippen molar-refractivity contribution in [1.82, 2.24) is 9.97 Å². The van der Waals surface area contributed by atoms with Crippen LogP contribution in [0, 0.1) is 0 Å². The average molecular weight is 303 g/mol. The zero-order chi connectivity index (χ0) is 13.8. The molecule has 3 heterocycles. The Kier molecular flexibility index (Phi) is 4.38. The van der Waals surface area contributed by atoms with Crippen LogP contribution in [0.4, 0.5) is 5.69 Å². The Hall–Kier alpha value is -1.33. The Labute approximate surface area is 127 Å². The van der Waals surface area contributed by atoms with Gasteiger partial charge in [0, 0.05) is 35.4 Å². The SMILES string of the molecule is CCCCC1SC(c2cncs2)=CN1c1ccncc1. The summed E-state index contributed by atoms with van der Waals surface area (Å²) in [7, 11) is 0. The quantitative estimate of drug-likeness (QED) is 0.807. The van der Waals surface area contributed by atoms with Gasteiger partial charge in [-0.05, 0) is 18.6 Å². The van der Waals surface area contributed by atoms with E-state index in [1.165, 1.54) is 34.7 Å². The summed E-state index contributed by atoms with van der Waals surface area (Å²) in [5, 5.41) is 0.481. The smallest absolute Gasteiger partial charge is 0.0841 e. The maximum Gasteiger partial charge on any atom is 0.0841 e. The molecule has 2 aromatic rings. The largest absolute Gasteiger partial charge is 0.334 e. The van der Waals surface area contributed by atoms with Gasteiger partial charge in [-0.25, -0.2) is 0 Å². The fourth-order valence-corrected chi connectivity index (χ4v) is 4.27. The van der Waals surface area contributed by atoms with E-state index in [1.807, 2.05) is 35.9 Å². The molecule has 0 amide bonds. The summed E-state index contributed by atoms with van der Waals surface area (Å²) in [4.78, 5) is 13.3. The topological polar surface area (TPSA) is 29.0 Å². The number of unbranched alkanes of at least 4 members (excludes halogenated alkanes) is 1. The molecular formula is C15H17N3S2. The van der Waals surface area contributed by atoms with Crippen LogP contribution < -0.4 is 4.90 Å². The molecule has 0 radical (unpaired) electrons. The van der Waals surface area contributed by atoms with E-state index in [0.717, 1.165) is 0 Å². The minimum atomic E-state index is 0.481. The number of hydrogen-bond acceptors (Lipinski definition) is 5. The van der Waals surface area contributed by atoms with Crippen molar-refractivity contribution in [3.63, 3.8) is 0 Å². The van der Waals surface area contributed by atoms with Crippen molar-refractivity contribution in [1.29, 1.82) is 0 Å². The van der Waals surface area contributed by atoms with Gasteiger partial charge in [0.15, 0.2) is 0 Å².